The molecule has 0 saturated heterocycles. The number of carbonyl (C=O) groups excluding carboxylic acids is 1. The van der Waals surface area contributed by atoms with Crippen LogP contribution in [0.15, 0.2) is 78.4 Å². The molecule has 1 amide bonds. The standard InChI is InChI=1S/C24H16FN3O2/c25-21-10-4-5-11-22(21)28-24(29)20(15-27)13-17-7-3-6-12-23(17)30-16-19-9-2-1-8-18(19)14-26/h1-13H,16H2,(H,28,29)/b20-13-. The highest BCUT2D eigenvalue weighted by Gasteiger charge is 2.13. The third kappa shape index (κ3) is 4.89. The zero-order chi connectivity index (χ0) is 21.3. The predicted octanol–water partition coefficient (Wildman–Crippen LogP) is 4.82. The first-order valence-electron chi connectivity index (χ1n) is 9.00. The summed E-state index contributed by atoms with van der Waals surface area (Å²) in [5.74, 6) is -0.882. The van der Waals surface area contributed by atoms with Gasteiger partial charge in [-0.1, -0.05) is 48.5 Å². The van der Waals surface area contributed by atoms with Crippen molar-refractivity contribution in [3.63, 3.8) is 0 Å². The fraction of sp³-hybridized carbons (Fsp3) is 0.0417. The van der Waals surface area contributed by atoms with Crippen LogP contribution in [0.3, 0.4) is 0 Å². The molecular formula is C24H16FN3O2. The second kappa shape index (κ2) is 9.68. The third-order valence-electron chi connectivity index (χ3n) is 4.23. The molecule has 0 bridgehead atoms. The number of nitrogens with one attached hydrogen (secondary N) is 1. The van der Waals surface area contributed by atoms with Crippen LogP contribution in [0.5, 0.6) is 5.75 Å². The lowest BCUT2D eigenvalue weighted by atomic mass is 10.1. The van der Waals surface area contributed by atoms with Gasteiger partial charge in [-0.05, 0) is 30.3 Å². The number of para-hydroxylation sites is 2. The molecule has 0 aliphatic heterocycles. The van der Waals surface area contributed by atoms with Crippen molar-refractivity contribution in [1.82, 2.24) is 0 Å². The molecular weight excluding hydrogens is 381 g/mol. The van der Waals surface area contributed by atoms with E-state index in [1.165, 1.54) is 24.3 Å². The highest BCUT2D eigenvalue weighted by Crippen LogP contribution is 2.23. The van der Waals surface area contributed by atoms with Crippen molar-refractivity contribution in [2.75, 3.05) is 5.32 Å². The van der Waals surface area contributed by atoms with Crippen molar-refractivity contribution in [3.05, 3.63) is 101 Å². The Morgan fingerprint density at radius 2 is 1.70 bits per heavy atom. The molecule has 0 fully saturated rings. The van der Waals surface area contributed by atoms with Gasteiger partial charge in [0, 0.05) is 11.1 Å². The molecule has 3 aromatic carbocycles. The number of nitriles is 2. The smallest absolute Gasteiger partial charge is 0.266 e. The molecule has 0 saturated carbocycles. The van der Waals surface area contributed by atoms with Crippen molar-refractivity contribution < 1.29 is 13.9 Å². The maximum Gasteiger partial charge on any atom is 0.266 e. The zero-order valence-electron chi connectivity index (χ0n) is 15.8. The van der Waals surface area contributed by atoms with E-state index in [1.54, 1.807) is 48.5 Å². The molecule has 30 heavy (non-hydrogen) atoms. The number of benzene rings is 3. The first-order valence-corrected chi connectivity index (χ1v) is 9.00. The average Bonchev–Trinajstić information content (AvgIpc) is 2.78. The van der Waals surface area contributed by atoms with E-state index in [-0.39, 0.29) is 17.9 Å². The monoisotopic (exact) mass is 397 g/mol. The Morgan fingerprint density at radius 1 is 1.00 bits per heavy atom. The van der Waals surface area contributed by atoms with Gasteiger partial charge in [-0.3, -0.25) is 4.79 Å². The summed E-state index contributed by atoms with van der Waals surface area (Å²) in [4.78, 5) is 12.4. The number of halogens is 1. The van der Waals surface area contributed by atoms with Gasteiger partial charge >= 0.3 is 0 Å². The van der Waals surface area contributed by atoms with Gasteiger partial charge in [-0.2, -0.15) is 10.5 Å². The fourth-order valence-corrected chi connectivity index (χ4v) is 2.70. The Kier molecular flexibility index (Phi) is 6.55. The lowest BCUT2D eigenvalue weighted by molar-refractivity contribution is -0.112. The normalized spacial score (nSPS) is 10.6. The SMILES string of the molecule is N#C/C(=C/c1ccccc1OCc1ccccc1C#N)C(=O)Nc1ccccc1F. The highest BCUT2D eigenvalue weighted by atomic mass is 19.1. The summed E-state index contributed by atoms with van der Waals surface area (Å²) < 4.78 is 19.6. The Labute approximate surface area is 173 Å². The van der Waals surface area contributed by atoms with Crippen molar-refractivity contribution in [2.24, 2.45) is 0 Å². The number of hydrogen-bond donors (Lipinski definition) is 1. The minimum Gasteiger partial charge on any atom is -0.488 e. The lowest BCUT2D eigenvalue weighted by Gasteiger charge is -2.11. The quantitative estimate of drug-likeness (QED) is 0.477. The van der Waals surface area contributed by atoms with E-state index >= 15 is 0 Å². The molecule has 0 heterocycles. The molecule has 0 aromatic heterocycles. The molecule has 0 aliphatic rings. The number of anilines is 1. The first kappa shape index (κ1) is 20.3. The van der Waals surface area contributed by atoms with Crippen LogP contribution in [-0.2, 0) is 11.4 Å². The van der Waals surface area contributed by atoms with Crippen LogP contribution in [0.25, 0.3) is 6.08 Å². The van der Waals surface area contributed by atoms with Crippen LogP contribution in [0, 0.1) is 28.5 Å². The molecule has 0 aliphatic carbocycles. The summed E-state index contributed by atoms with van der Waals surface area (Å²) in [5, 5.41) is 21.0. The van der Waals surface area contributed by atoms with Crippen LogP contribution < -0.4 is 10.1 Å². The van der Waals surface area contributed by atoms with Crippen LogP contribution in [-0.4, -0.2) is 5.91 Å². The number of amides is 1. The van der Waals surface area contributed by atoms with Gasteiger partial charge in [-0.15, -0.1) is 0 Å². The molecule has 0 radical (unpaired) electrons. The maximum absolute atomic E-state index is 13.8. The molecule has 3 rings (SSSR count). The largest absolute Gasteiger partial charge is 0.488 e. The van der Waals surface area contributed by atoms with Gasteiger partial charge < -0.3 is 10.1 Å². The van der Waals surface area contributed by atoms with E-state index in [0.29, 0.717) is 16.9 Å². The number of rotatable bonds is 6. The van der Waals surface area contributed by atoms with E-state index in [1.807, 2.05) is 12.1 Å². The highest BCUT2D eigenvalue weighted by molar-refractivity contribution is 6.09. The third-order valence-corrected chi connectivity index (χ3v) is 4.23. The van der Waals surface area contributed by atoms with Gasteiger partial charge in [0.05, 0.1) is 17.3 Å². The predicted molar refractivity (Wildman–Crippen MR) is 111 cm³/mol. The first-order chi connectivity index (χ1) is 14.6. The van der Waals surface area contributed by atoms with E-state index in [9.17, 15) is 19.7 Å². The molecule has 5 nitrogen and oxygen atoms in total. The van der Waals surface area contributed by atoms with Crippen LogP contribution in [0.1, 0.15) is 16.7 Å². The topological polar surface area (TPSA) is 85.9 Å². The minimum atomic E-state index is -0.729. The van der Waals surface area contributed by atoms with E-state index in [0.717, 1.165) is 5.56 Å². The Bertz CT molecular complexity index is 1190. The van der Waals surface area contributed by atoms with E-state index in [2.05, 4.69) is 11.4 Å². The van der Waals surface area contributed by atoms with Gasteiger partial charge in [0.2, 0.25) is 0 Å². The Morgan fingerprint density at radius 3 is 2.47 bits per heavy atom. The number of nitrogens with zero attached hydrogens (tertiary/aromatic N) is 2. The summed E-state index contributed by atoms with van der Waals surface area (Å²) >= 11 is 0. The summed E-state index contributed by atoms with van der Waals surface area (Å²) in [5.41, 5.74) is 1.52. The second-order valence-corrected chi connectivity index (χ2v) is 6.20. The van der Waals surface area contributed by atoms with Crippen molar-refractivity contribution >= 4 is 17.7 Å². The van der Waals surface area contributed by atoms with Gasteiger partial charge in [-0.25, -0.2) is 4.39 Å². The summed E-state index contributed by atoms with van der Waals surface area (Å²) in [6.45, 7) is 0.151. The van der Waals surface area contributed by atoms with Crippen molar-refractivity contribution in [3.8, 4) is 17.9 Å². The number of ether oxygens (including phenoxy) is 1. The summed E-state index contributed by atoms with van der Waals surface area (Å²) in [6.07, 6.45) is 1.38. The van der Waals surface area contributed by atoms with Gasteiger partial charge in [0.25, 0.3) is 5.91 Å². The molecule has 0 atom stereocenters. The van der Waals surface area contributed by atoms with E-state index in [4.69, 9.17) is 4.74 Å². The minimum absolute atomic E-state index is 0.0127. The molecule has 0 spiro atoms. The van der Waals surface area contributed by atoms with Crippen LogP contribution >= 0.6 is 0 Å². The second-order valence-electron chi connectivity index (χ2n) is 6.20. The lowest BCUT2D eigenvalue weighted by Crippen LogP contribution is -2.14. The number of carbonyl (C=O) groups is 1. The Hall–Kier alpha value is -4.42. The van der Waals surface area contributed by atoms with Crippen LogP contribution in [0.2, 0.25) is 0 Å². The molecule has 6 heteroatoms. The summed E-state index contributed by atoms with van der Waals surface area (Å²) in [7, 11) is 0. The van der Waals surface area contributed by atoms with Crippen LogP contribution in [0.4, 0.5) is 10.1 Å². The zero-order valence-corrected chi connectivity index (χ0v) is 15.8. The van der Waals surface area contributed by atoms with Gasteiger partial charge in [0.1, 0.15) is 29.8 Å². The average molecular weight is 397 g/mol. The van der Waals surface area contributed by atoms with Gasteiger partial charge in [0.15, 0.2) is 0 Å². The van der Waals surface area contributed by atoms with Crippen molar-refractivity contribution in [1.29, 1.82) is 10.5 Å². The van der Waals surface area contributed by atoms with Crippen molar-refractivity contribution in [2.45, 2.75) is 6.61 Å². The molecule has 0 unspecified atom stereocenters. The maximum atomic E-state index is 13.8. The van der Waals surface area contributed by atoms with E-state index < -0.39 is 11.7 Å². The number of hydrogen-bond acceptors (Lipinski definition) is 4. The summed E-state index contributed by atoms with van der Waals surface area (Å²) in [6, 6.07) is 23.6. The molecule has 1 N–H and O–H groups in total. The molecule has 146 valence electrons. The fourth-order valence-electron chi connectivity index (χ4n) is 2.70. The Balaban J connectivity index is 1.82. The molecule has 3 aromatic rings.